The van der Waals surface area contributed by atoms with E-state index in [1.165, 1.54) is 0 Å². The highest BCUT2D eigenvalue weighted by Gasteiger charge is 2.18. The second kappa shape index (κ2) is 6.64. The Kier molecular flexibility index (Phi) is 5.43. The van der Waals surface area contributed by atoms with Crippen LogP contribution in [0.15, 0.2) is 18.2 Å². The molecule has 0 aliphatic rings. The summed E-state index contributed by atoms with van der Waals surface area (Å²) in [5.74, 6) is 1.02. The van der Waals surface area contributed by atoms with Gasteiger partial charge in [-0.3, -0.25) is 4.79 Å². The fraction of sp³-hybridized carbons (Fsp3) is 0.562. The molecule has 0 spiro atoms. The number of nitrogens with two attached hydrogens (primary N) is 1. The van der Waals surface area contributed by atoms with Crippen molar-refractivity contribution in [2.24, 2.45) is 11.3 Å². The topological polar surface area (TPSA) is 64.3 Å². The number of methoxy groups -OCH3 is 1. The first-order chi connectivity index (χ1) is 9.21. The van der Waals surface area contributed by atoms with Crippen LogP contribution in [0.4, 0.5) is 11.4 Å². The highest BCUT2D eigenvalue weighted by atomic mass is 16.5. The first kappa shape index (κ1) is 16.3. The summed E-state index contributed by atoms with van der Waals surface area (Å²) in [4.78, 5) is 12.0. The molecule has 112 valence electrons. The Labute approximate surface area is 121 Å². The van der Waals surface area contributed by atoms with Crippen LogP contribution in [-0.2, 0) is 4.79 Å². The van der Waals surface area contributed by atoms with Crippen LogP contribution in [0, 0.1) is 11.3 Å². The molecule has 1 aromatic carbocycles. The van der Waals surface area contributed by atoms with Crippen LogP contribution in [0.5, 0.6) is 5.75 Å². The number of benzene rings is 1. The zero-order valence-electron chi connectivity index (χ0n) is 13.1. The minimum Gasteiger partial charge on any atom is -0.497 e. The average Bonchev–Trinajstić information content (AvgIpc) is 2.28. The maximum Gasteiger partial charge on any atom is 0.224 e. The molecule has 0 aliphatic heterocycles. The molecular weight excluding hydrogens is 252 g/mol. The molecule has 0 heterocycles. The zero-order chi connectivity index (χ0) is 15.3. The summed E-state index contributed by atoms with van der Waals surface area (Å²) in [7, 11) is 1.58. The average molecular weight is 278 g/mol. The van der Waals surface area contributed by atoms with E-state index in [1.807, 2.05) is 0 Å². The smallest absolute Gasteiger partial charge is 0.224 e. The molecule has 1 amide bonds. The number of hydrogen-bond acceptors (Lipinski definition) is 3. The van der Waals surface area contributed by atoms with Crippen molar-refractivity contribution in [3.63, 3.8) is 0 Å². The number of rotatable bonds is 5. The first-order valence-electron chi connectivity index (χ1n) is 6.94. The van der Waals surface area contributed by atoms with E-state index in [9.17, 15) is 4.79 Å². The van der Waals surface area contributed by atoms with Gasteiger partial charge in [0.2, 0.25) is 5.91 Å². The maximum atomic E-state index is 12.0. The van der Waals surface area contributed by atoms with Gasteiger partial charge in [-0.25, -0.2) is 0 Å². The van der Waals surface area contributed by atoms with Gasteiger partial charge in [-0.05, 0) is 29.9 Å². The second-order valence-electron chi connectivity index (χ2n) is 6.58. The zero-order valence-corrected chi connectivity index (χ0v) is 13.1. The van der Waals surface area contributed by atoms with Crippen LogP contribution in [0.3, 0.4) is 0 Å². The summed E-state index contributed by atoms with van der Waals surface area (Å²) >= 11 is 0. The first-order valence-corrected chi connectivity index (χ1v) is 6.94. The van der Waals surface area contributed by atoms with E-state index < -0.39 is 0 Å². The molecule has 20 heavy (non-hydrogen) atoms. The van der Waals surface area contributed by atoms with Gasteiger partial charge < -0.3 is 15.8 Å². The van der Waals surface area contributed by atoms with Crippen LogP contribution < -0.4 is 15.8 Å². The number of nitrogen functional groups attached to an aromatic ring is 1. The Bertz CT molecular complexity index is 464. The standard InChI is InChI=1S/C16H26N2O2/c1-11(10-16(2,3)4)8-15(19)18-14-7-6-12(20-5)9-13(14)17/h6-7,9,11H,8,10,17H2,1-5H3,(H,18,19). The number of anilines is 2. The fourth-order valence-electron chi connectivity index (χ4n) is 2.42. The molecule has 0 radical (unpaired) electrons. The van der Waals surface area contributed by atoms with Crippen molar-refractivity contribution in [3.05, 3.63) is 18.2 Å². The molecule has 1 rings (SSSR count). The van der Waals surface area contributed by atoms with Crippen molar-refractivity contribution >= 4 is 17.3 Å². The lowest BCUT2D eigenvalue weighted by Crippen LogP contribution is -2.19. The number of carbonyl (C=O) groups excluding carboxylic acids is 1. The summed E-state index contributed by atoms with van der Waals surface area (Å²) in [6, 6.07) is 5.25. The van der Waals surface area contributed by atoms with Crippen molar-refractivity contribution < 1.29 is 9.53 Å². The molecule has 4 heteroatoms. The van der Waals surface area contributed by atoms with Crippen molar-refractivity contribution in [2.45, 2.75) is 40.5 Å². The van der Waals surface area contributed by atoms with Gasteiger partial charge in [-0.1, -0.05) is 27.7 Å². The quantitative estimate of drug-likeness (QED) is 0.807. The molecule has 0 saturated carbocycles. The fourth-order valence-corrected chi connectivity index (χ4v) is 2.42. The van der Waals surface area contributed by atoms with Gasteiger partial charge in [0.25, 0.3) is 0 Å². The largest absolute Gasteiger partial charge is 0.497 e. The Morgan fingerprint density at radius 2 is 2.05 bits per heavy atom. The molecule has 0 bridgehead atoms. The monoisotopic (exact) mass is 278 g/mol. The maximum absolute atomic E-state index is 12.0. The van der Waals surface area contributed by atoms with Crippen LogP contribution in [0.2, 0.25) is 0 Å². The normalized spacial score (nSPS) is 12.8. The molecule has 4 nitrogen and oxygen atoms in total. The van der Waals surface area contributed by atoms with Gasteiger partial charge >= 0.3 is 0 Å². The number of ether oxygens (including phenoxy) is 1. The minimum atomic E-state index is -0.00128. The lowest BCUT2D eigenvalue weighted by molar-refractivity contribution is -0.117. The van der Waals surface area contributed by atoms with Crippen LogP contribution in [-0.4, -0.2) is 13.0 Å². The Balaban J connectivity index is 2.58. The lowest BCUT2D eigenvalue weighted by Gasteiger charge is -2.22. The molecule has 0 saturated heterocycles. The Morgan fingerprint density at radius 1 is 1.40 bits per heavy atom. The van der Waals surface area contributed by atoms with Gasteiger partial charge in [0.15, 0.2) is 0 Å². The van der Waals surface area contributed by atoms with Gasteiger partial charge in [-0.2, -0.15) is 0 Å². The third kappa shape index (κ3) is 5.51. The highest BCUT2D eigenvalue weighted by Crippen LogP contribution is 2.27. The number of hydrogen-bond donors (Lipinski definition) is 2. The van der Waals surface area contributed by atoms with Gasteiger partial charge in [-0.15, -0.1) is 0 Å². The second-order valence-corrected chi connectivity index (χ2v) is 6.58. The molecule has 1 unspecified atom stereocenters. The molecule has 1 aromatic rings. The summed E-state index contributed by atoms with van der Waals surface area (Å²) in [5, 5.41) is 2.86. The predicted molar refractivity (Wildman–Crippen MR) is 83.9 cm³/mol. The Hall–Kier alpha value is -1.71. The van der Waals surface area contributed by atoms with E-state index in [0.29, 0.717) is 29.5 Å². The predicted octanol–water partition coefficient (Wildman–Crippen LogP) is 3.68. The van der Waals surface area contributed by atoms with Gasteiger partial charge in [0.05, 0.1) is 18.5 Å². The van der Waals surface area contributed by atoms with Crippen molar-refractivity contribution in [3.8, 4) is 5.75 Å². The summed E-state index contributed by atoms with van der Waals surface area (Å²) in [6.07, 6.45) is 1.52. The minimum absolute atomic E-state index is 0.00128. The molecular formula is C16H26N2O2. The van der Waals surface area contributed by atoms with Gasteiger partial charge in [0, 0.05) is 12.5 Å². The number of amides is 1. The SMILES string of the molecule is COc1ccc(NC(=O)CC(C)CC(C)(C)C)c(N)c1. The number of nitrogens with one attached hydrogen (secondary N) is 1. The summed E-state index contributed by atoms with van der Waals surface area (Å²) in [6.45, 7) is 8.65. The van der Waals surface area contributed by atoms with E-state index in [4.69, 9.17) is 10.5 Å². The third-order valence-electron chi connectivity index (χ3n) is 3.03. The van der Waals surface area contributed by atoms with E-state index in [0.717, 1.165) is 6.42 Å². The summed E-state index contributed by atoms with van der Waals surface area (Å²) in [5.41, 5.74) is 7.27. The van der Waals surface area contributed by atoms with E-state index >= 15 is 0 Å². The van der Waals surface area contributed by atoms with E-state index in [1.54, 1.807) is 25.3 Å². The molecule has 0 aromatic heterocycles. The number of carbonyl (C=O) groups is 1. The highest BCUT2D eigenvalue weighted by molar-refractivity contribution is 5.94. The van der Waals surface area contributed by atoms with E-state index in [2.05, 4.69) is 33.0 Å². The van der Waals surface area contributed by atoms with Crippen molar-refractivity contribution in [1.29, 1.82) is 0 Å². The van der Waals surface area contributed by atoms with Gasteiger partial charge in [0.1, 0.15) is 5.75 Å². The van der Waals surface area contributed by atoms with Crippen molar-refractivity contribution in [2.75, 3.05) is 18.2 Å². The van der Waals surface area contributed by atoms with Crippen LogP contribution in [0.1, 0.15) is 40.5 Å². The molecule has 3 N–H and O–H groups in total. The Morgan fingerprint density at radius 3 is 2.55 bits per heavy atom. The molecule has 0 fully saturated rings. The van der Waals surface area contributed by atoms with E-state index in [-0.39, 0.29) is 11.3 Å². The summed E-state index contributed by atoms with van der Waals surface area (Å²) < 4.78 is 5.08. The third-order valence-corrected chi connectivity index (χ3v) is 3.03. The van der Waals surface area contributed by atoms with Crippen LogP contribution >= 0.6 is 0 Å². The van der Waals surface area contributed by atoms with Crippen molar-refractivity contribution in [1.82, 2.24) is 0 Å². The molecule has 1 atom stereocenters. The molecule has 0 aliphatic carbocycles. The lowest BCUT2D eigenvalue weighted by atomic mass is 9.84. The van der Waals surface area contributed by atoms with Crippen LogP contribution in [0.25, 0.3) is 0 Å².